The molecule has 1 aromatic carbocycles. The number of nitrogens with one attached hydrogen (secondary N) is 1. The average Bonchev–Trinajstić information content (AvgIpc) is 3.48. The normalized spacial score (nSPS) is 15.3. The van der Waals surface area contributed by atoms with Crippen molar-refractivity contribution in [2.75, 3.05) is 18.4 Å². The second kappa shape index (κ2) is 9.30. The van der Waals surface area contributed by atoms with Crippen LogP contribution in [0.5, 0.6) is 0 Å². The van der Waals surface area contributed by atoms with Crippen LogP contribution in [0.1, 0.15) is 57.1 Å². The van der Waals surface area contributed by atoms with Crippen molar-refractivity contribution in [1.82, 2.24) is 29.4 Å². The van der Waals surface area contributed by atoms with E-state index in [1.807, 2.05) is 43.7 Å². The summed E-state index contributed by atoms with van der Waals surface area (Å²) in [5, 5.41) is 3.04. The van der Waals surface area contributed by atoms with Crippen molar-refractivity contribution in [3.05, 3.63) is 59.7 Å². The van der Waals surface area contributed by atoms with Crippen molar-refractivity contribution in [3.63, 3.8) is 0 Å². The van der Waals surface area contributed by atoms with Crippen LogP contribution in [-0.4, -0.2) is 42.5 Å². The maximum absolute atomic E-state index is 14.9. The van der Waals surface area contributed by atoms with Crippen LogP contribution in [0.2, 0.25) is 0 Å². The first kappa shape index (κ1) is 23.3. The third kappa shape index (κ3) is 4.48. The highest BCUT2D eigenvalue weighted by atomic mass is 19.1. The lowest BCUT2D eigenvalue weighted by atomic mass is 10.1. The van der Waals surface area contributed by atoms with Gasteiger partial charge in [-0.05, 0) is 77.4 Å². The van der Waals surface area contributed by atoms with E-state index in [0.717, 1.165) is 24.8 Å². The predicted molar refractivity (Wildman–Crippen MR) is 133 cm³/mol. The summed E-state index contributed by atoms with van der Waals surface area (Å²) in [5.41, 5.74) is 2.34. The van der Waals surface area contributed by atoms with Gasteiger partial charge in [0.1, 0.15) is 22.9 Å². The maximum Gasteiger partial charge on any atom is 0.229 e. The minimum Gasteiger partial charge on any atom is -0.326 e. The zero-order valence-electron chi connectivity index (χ0n) is 20.4. The zero-order chi connectivity index (χ0) is 24.7. The third-order valence-electron chi connectivity index (χ3n) is 6.66. The first-order valence-electron chi connectivity index (χ1n) is 12.0. The lowest BCUT2D eigenvalue weighted by Gasteiger charge is -2.23. The van der Waals surface area contributed by atoms with E-state index in [-0.39, 0.29) is 23.2 Å². The number of hydrogen-bond donors (Lipinski definition) is 1. The smallest absolute Gasteiger partial charge is 0.229 e. The van der Waals surface area contributed by atoms with Crippen LogP contribution in [0.4, 0.5) is 20.5 Å². The van der Waals surface area contributed by atoms with E-state index in [1.165, 1.54) is 18.9 Å². The van der Waals surface area contributed by atoms with Crippen LogP contribution in [0.25, 0.3) is 22.3 Å². The molecule has 0 radical (unpaired) electrons. The lowest BCUT2D eigenvalue weighted by Crippen LogP contribution is -2.23. The van der Waals surface area contributed by atoms with Crippen molar-refractivity contribution in [2.24, 2.45) is 0 Å². The fraction of sp³-hybridized carbons (Fsp3) is 0.385. The summed E-state index contributed by atoms with van der Waals surface area (Å²) in [7, 11) is 0. The molecule has 5 rings (SSSR count). The summed E-state index contributed by atoms with van der Waals surface area (Å²) < 4.78 is 31.6. The van der Waals surface area contributed by atoms with Gasteiger partial charge >= 0.3 is 0 Å². The quantitative estimate of drug-likeness (QED) is 0.370. The summed E-state index contributed by atoms with van der Waals surface area (Å²) in [6, 6.07) is 7.26. The molecule has 0 spiro atoms. The van der Waals surface area contributed by atoms with E-state index in [0.29, 0.717) is 28.8 Å². The molecule has 1 fully saturated rings. The first-order chi connectivity index (χ1) is 16.8. The van der Waals surface area contributed by atoms with Gasteiger partial charge in [-0.3, -0.25) is 4.90 Å². The zero-order valence-corrected chi connectivity index (χ0v) is 20.4. The van der Waals surface area contributed by atoms with Gasteiger partial charge in [-0.25, -0.2) is 28.7 Å². The van der Waals surface area contributed by atoms with Crippen LogP contribution in [-0.2, 0) is 0 Å². The Labute approximate surface area is 203 Å². The van der Waals surface area contributed by atoms with E-state index in [4.69, 9.17) is 0 Å². The van der Waals surface area contributed by atoms with Gasteiger partial charge in [-0.1, -0.05) is 6.07 Å². The SMILES string of the molecule is Cc1nc2c(F)cc(-c3nc(Nc4ccc(C(C)N5CCCC5)cn4)ncc3F)cc2n1C(C)C. The number of halogens is 2. The molecule has 0 aliphatic carbocycles. The number of pyridine rings is 1. The number of aromatic nitrogens is 5. The van der Waals surface area contributed by atoms with Crippen molar-refractivity contribution in [1.29, 1.82) is 0 Å². The maximum atomic E-state index is 14.9. The van der Waals surface area contributed by atoms with Crippen molar-refractivity contribution in [2.45, 2.75) is 52.6 Å². The number of likely N-dealkylation sites (tertiary alicyclic amines) is 1. The molecule has 0 saturated carbocycles. The first-order valence-corrected chi connectivity index (χ1v) is 12.0. The Kier molecular flexibility index (Phi) is 6.19. The summed E-state index contributed by atoms with van der Waals surface area (Å²) in [4.78, 5) is 19.7. The number of fused-ring (bicyclic) bond motifs is 1. The van der Waals surface area contributed by atoms with Crippen LogP contribution in [0, 0.1) is 18.6 Å². The second-order valence-corrected chi connectivity index (χ2v) is 9.36. The van der Waals surface area contributed by atoms with Crippen LogP contribution >= 0.6 is 0 Å². The molecule has 1 aliphatic rings. The second-order valence-electron chi connectivity index (χ2n) is 9.36. The molecule has 4 heterocycles. The molecule has 1 N–H and O–H groups in total. The van der Waals surface area contributed by atoms with E-state index in [1.54, 1.807) is 6.07 Å². The predicted octanol–water partition coefficient (Wildman–Crippen LogP) is 5.96. The molecule has 0 amide bonds. The van der Waals surface area contributed by atoms with Gasteiger partial charge in [0.2, 0.25) is 5.95 Å². The van der Waals surface area contributed by atoms with Crippen molar-refractivity contribution in [3.8, 4) is 11.3 Å². The molecular weight excluding hydrogens is 448 g/mol. The van der Waals surface area contributed by atoms with Gasteiger partial charge in [-0.15, -0.1) is 0 Å². The number of benzene rings is 1. The summed E-state index contributed by atoms with van der Waals surface area (Å²) >= 11 is 0. The van der Waals surface area contributed by atoms with Crippen molar-refractivity contribution < 1.29 is 8.78 Å². The van der Waals surface area contributed by atoms with Gasteiger partial charge in [-0.2, -0.15) is 0 Å². The Hall–Kier alpha value is -3.46. The summed E-state index contributed by atoms with van der Waals surface area (Å²) in [6.07, 6.45) is 5.39. The highest BCUT2D eigenvalue weighted by Crippen LogP contribution is 2.31. The van der Waals surface area contributed by atoms with E-state index in [2.05, 4.69) is 37.1 Å². The fourth-order valence-corrected chi connectivity index (χ4v) is 4.87. The molecule has 9 heteroatoms. The molecule has 35 heavy (non-hydrogen) atoms. The van der Waals surface area contributed by atoms with Crippen LogP contribution in [0.3, 0.4) is 0 Å². The Morgan fingerprint density at radius 3 is 2.40 bits per heavy atom. The van der Waals surface area contributed by atoms with Gasteiger partial charge in [0.05, 0.1) is 11.7 Å². The molecule has 1 saturated heterocycles. The molecule has 1 atom stereocenters. The van der Waals surface area contributed by atoms with Gasteiger partial charge in [0.25, 0.3) is 0 Å². The van der Waals surface area contributed by atoms with Gasteiger partial charge in [0.15, 0.2) is 11.6 Å². The molecule has 3 aromatic heterocycles. The summed E-state index contributed by atoms with van der Waals surface area (Å²) in [6.45, 7) is 10.2. The van der Waals surface area contributed by atoms with E-state index < -0.39 is 11.6 Å². The Morgan fingerprint density at radius 1 is 0.943 bits per heavy atom. The molecule has 4 aromatic rings. The van der Waals surface area contributed by atoms with Crippen LogP contribution < -0.4 is 5.32 Å². The molecule has 7 nitrogen and oxygen atoms in total. The minimum atomic E-state index is -0.635. The Morgan fingerprint density at radius 2 is 1.71 bits per heavy atom. The number of nitrogens with zero attached hydrogens (tertiary/aromatic N) is 6. The Bertz CT molecular complexity index is 1360. The van der Waals surface area contributed by atoms with E-state index >= 15 is 0 Å². The van der Waals surface area contributed by atoms with Crippen LogP contribution in [0.15, 0.2) is 36.7 Å². The third-order valence-corrected chi connectivity index (χ3v) is 6.66. The number of imidazole rings is 1. The number of hydrogen-bond acceptors (Lipinski definition) is 6. The topological polar surface area (TPSA) is 71.8 Å². The minimum absolute atomic E-state index is 0.0109. The van der Waals surface area contributed by atoms with Gasteiger partial charge < -0.3 is 9.88 Å². The monoisotopic (exact) mass is 477 g/mol. The van der Waals surface area contributed by atoms with E-state index in [9.17, 15) is 8.78 Å². The highest BCUT2D eigenvalue weighted by Gasteiger charge is 2.20. The molecule has 1 unspecified atom stereocenters. The molecular formula is C26H29F2N7. The molecule has 1 aliphatic heterocycles. The largest absolute Gasteiger partial charge is 0.326 e. The molecule has 182 valence electrons. The van der Waals surface area contributed by atoms with Crippen molar-refractivity contribution >= 4 is 22.8 Å². The highest BCUT2D eigenvalue weighted by molar-refractivity contribution is 5.83. The molecule has 0 bridgehead atoms. The van der Waals surface area contributed by atoms with Gasteiger partial charge in [0, 0.05) is 23.8 Å². The fourth-order valence-electron chi connectivity index (χ4n) is 4.87. The number of rotatable bonds is 6. The lowest BCUT2D eigenvalue weighted by molar-refractivity contribution is 0.263. The Balaban J connectivity index is 1.43. The number of anilines is 2. The average molecular weight is 478 g/mol. The number of aryl methyl sites for hydroxylation is 1. The summed E-state index contributed by atoms with van der Waals surface area (Å²) in [5.74, 6) is 0.282. The standard InChI is InChI=1S/C26H29F2N7/c1-15(2)35-17(4)31-25-20(27)11-19(12-22(25)35)24-21(28)14-30-26(33-24)32-23-8-7-18(13-29-23)16(3)34-9-5-6-10-34/h7-8,11-16H,5-6,9-10H2,1-4H3,(H,29,30,32,33).